The molecular weight excluding hydrogens is 322 g/mol. The van der Waals surface area contributed by atoms with E-state index in [0.29, 0.717) is 12.1 Å². The maximum absolute atomic E-state index is 8.90. The third kappa shape index (κ3) is 2.93. The van der Waals surface area contributed by atoms with Gasteiger partial charge in [0.05, 0.1) is 6.54 Å². The van der Waals surface area contributed by atoms with Crippen molar-refractivity contribution in [3.05, 3.63) is 46.5 Å². The van der Waals surface area contributed by atoms with E-state index in [0.717, 1.165) is 16.0 Å². The molecule has 6 nitrogen and oxygen atoms in total. The van der Waals surface area contributed by atoms with Gasteiger partial charge in [0.25, 0.3) is 0 Å². The molecule has 0 bridgehead atoms. The van der Waals surface area contributed by atoms with E-state index in [-0.39, 0.29) is 5.84 Å². The Morgan fingerprint density at radius 2 is 2.30 bits per heavy atom. The Bertz CT molecular complexity index is 637. The molecular formula is C13H16BrN5O. The van der Waals surface area contributed by atoms with Gasteiger partial charge < -0.3 is 20.4 Å². The highest BCUT2D eigenvalue weighted by Gasteiger charge is 2.13. The third-order valence-electron chi connectivity index (χ3n) is 3.05. The number of nitrogens with two attached hydrogens (primary N) is 1. The molecule has 1 aromatic heterocycles. The van der Waals surface area contributed by atoms with Gasteiger partial charge in [-0.15, -0.1) is 0 Å². The second-order valence-corrected chi connectivity index (χ2v) is 5.37. The Balaban J connectivity index is 2.34. The average Bonchev–Trinajstić information content (AvgIpc) is 2.83. The first-order valence-corrected chi connectivity index (χ1v) is 6.77. The minimum atomic E-state index is 0.0768. The summed E-state index contributed by atoms with van der Waals surface area (Å²) in [6.07, 6.45) is 3.66. The van der Waals surface area contributed by atoms with E-state index >= 15 is 0 Å². The summed E-state index contributed by atoms with van der Waals surface area (Å²) in [7, 11) is 3.88. The first-order valence-electron chi connectivity index (χ1n) is 5.97. The van der Waals surface area contributed by atoms with Crippen molar-refractivity contribution in [3.8, 4) is 0 Å². The molecule has 2 aromatic rings. The van der Waals surface area contributed by atoms with Crippen LogP contribution in [0.3, 0.4) is 0 Å². The standard InChI is InChI=1S/C13H16BrN5O/c1-18-6-5-16-12(18)8-19(2)11-4-3-9(14)7-10(11)13(15)17-20/h3-7,20H,8H2,1-2H3,(H2,15,17). The number of rotatable bonds is 4. The highest BCUT2D eigenvalue weighted by atomic mass is 79.9. The number of anilines is 1. The molecule has 0 spiro atoms. The number of halogens is 1. The van der Waals surface area contributed by atoms with Gasteiger partial charge in [-0.1, -0.05) is 21.1 Å². The van der Waals surface area contributed by atoms with Crippen LogP contribution in [0, 0.1) is 0 Å². The molecule has 1 heterocycles. The molecule has 0 aliphatic rings. The molecule has 0 saturated heterocycles. The molecule has 0 atom stereocenters. The predicted molar refractivity (Wildman–Crippen MR) is 82.0 cm³/mol. The van der Waals surface area contributed by atoms with E-state index in [2.05, 4.69) is 26.1 Å². The number of aryl methyl sites for hydroxylation is 1. The molecule has 7 heteroatoms. The summed E-state index contributed by atoms with van der Waals surface area (Å²) in [5.74, 6) is 1.01. The highest BCUT2D eigenvalue weighted by Crippen LogP contribution is 2.24. The SMILES string of the molecule is CN(Cc1nccn1C)c1ccc(Br)cc1/C(N)=N/O. The van der Waals surface area contributed by atoms with Gasteiger partial charge in [0, 0.05) is 42.2 Å². The zero-order valence-electron chi connectivity index (χ0n) is 11.3. The van der Waals surface area contributed by atoms with E-state index in [1.165, 1.54) is 0 Å². The van der Waals surface area contributed by atoms with Crippen molar-refractivity contribution in [1.29, 1.82) is 0 Å². The lowest BCUT2D eigenvalue weighted by Gasteiger charge is -2.22. The second-order valence-electron chi connectivity index (χ2n) is 4.46. The smallest absolute Gasteiger partial charge is 0.172 e. The minimum absolute atomic E-state index is 0.0768. The van der Waals surface area contributed by atoms with Gasteiger partial charge in [-0.3, -0.25) is 0 Å². The van der Waals surface area contributed by atoms with Crippen LogP contribution in [-0.4, -0.2) is 27.6 Å². The van der Waals surface area contributed by atoms with E-state index in [1.807, 2.05) is 48.0 Å². The molecule has 20 heavy (non-hydrogen) atoms. The number of oxime groups is 1. The normalized spacial score (nSPS) is 11.7. The molecule has 0 amide bonds. The van der Waals surface area contributed by atoms with E-state index in [1.54, 1.807) is 6.20 Å². The van der Waals surface area contributed by atoms with E-state index < -0.39 is 0 Å². The zero-order chi connectivity index (χ0) is 14.7. The van der Waals surface area contributed by atoms with Crippen LogP contribution in [0.1, 0.15) is 11.4 Å². The summed E-state index contributed by atoms with van der Waals surface area (Å²) in [4.78, 5) is 6.30. The first-order chi connectivity index (χ1) is 9.52. The molecule has 106 valence electrons. The van der Waals surface area contributed by atoms with Gasteiger partial charge in [-0.05, 0) is 18.2 Å². The lowest BCUT2D eigenvalue weighted by atomic mass is 10.1. The van der Waals surface area contributed by atoms with Crippen molar-refractivity contribution in [2.24, 2.45) is 17.9 Å². The van der Waals surface area contributed by atoms with Crippen LogP contribution in [0.2, 0.25) is 0 Å². The number of nitrogens with zero attached hydrogens (tertiary/aromatic N) is 4. The Morgan fingerprint density at radius 1 is 1.55 bits per heavy atom. The van der Waals surface area contributed by atoms with Crippen molar-refractivity contribution in [2.45, 2.75) is 6.54 Å². The number of benzene rings is 1. The van der Waals surface area contributed by atoms with Crippen LogP contribution in [0.25, 0.3) is 0 Å². The Kier molecular flexibility index (Phi) is 4.29. The fraction of sp³-hybridized carbons (Fsp3) is 0.231. The van der Waals surface area contributed by atoms with Gasteiger partial charge in [0.2, 0.25) is 0 Å². The minimum Gasteiger partial charge on any atom is -0.409 e. The number of amidine groups is 1. The molecule has 0 fully saturated rings. The molecule has 2 rings (SSSR count). The van der Waals surface area contributed by atoms with Crippen molar-refractivity contribution in [1.82, 2.24) is 9.55 Å². The Morgan fingerprint density at radius 3 is 2.90 bits per heavy atom. The molecule has 1 aromatic carbocycles. The van der Waals surface area contributed by atoms with Crippen molar-refractivity contribution >= 4 is 27.5 Å². The molecule has 0 unspecified atom stereocenters. The zero-order valence-corrected chi connectivity index (χ0v) is 12.9. The molecule has 0 saturated carbocycles. The molecule has 0 radical (unpaired) electrons. The van der Waals surface area contributed by atoms with Gasteiger partial charge in [-0.25, -0.2) is 4.98 Å². The molecule has 0 aliphatic heterocycles. The molecule has 0 aliphatic carbocycles. The van der Waals surface area contributed by atoms with Gasteiger partial charge in [-0.2, -0.15) is 0 Å². The topological polar surface area (TPSA) is 79.7 Å². The molecule has 3 N–H and O–H groups in total. The first kappa shape index (κ1) is 14.4. The fourth-order valence-electron chi connectivity index (χ4n) is 1.95. The van der Waals surface area contributed by atoms with Crippen LogP contribution in [0.5, 0.6) is 0 Å². The lowest BCUT2D eigenvalue weighted by molar-refractivity contribution is 0.318. The second kappa shape index (κ2) is 5.96. The van der Waals surface area contributed by atoms with E-state index in [4.69, 9.17) is 10.9 Å². The Labute approximate surface area is 125 Å². The third-order valence-corrected chi connectivity index (χ3v) is 3.55. The number of imidazole rings is 1. The largest absolute Gasteiger partial charge is 0.409 e. The number of aromatic nitrogens is 2. The average molecular weight is 338 g/mol. The van der Waals surface area contributed by atoms with Crippen molar-refractivity contribution < 1.29 is 5.21 Å². The summed E-state index contributed by atoms with van der Waals surface area (Å²) in [5, 5.41) is 12.0. The van der Waals surface area contributed by atoms with Crippen LogP contribution >= 0.6 is 15.9 Å². The predicted octanol–water partition coefficient (Wildman–Crippen LogP) is 1.91. The summed E-state index contributed by atoms with van der Waals surface area (Å²) in [6.45, 7) is 0.622. The van der Waals surface area contributed by atoms with Gasteiger partial charge in [0.1, 0.15) is 5.82 Å². The highest BCUT2D eigenvalue weighted by molar-refractivity contribution is 9.10. The monoisotopic (exact) mass is 337 g/mol. The van der Waals surface area contributed by atoms with Crippen LogP contribution in [0.4, 0.5) is 5.69 Å². The number of hydrogen-bond donors (Lipinski definition) is 2. The lowest BCUT2D eigenvalue weighted by Crippen LogP contribution is -2.24. The van der Waals surface area contributed by atoms with Gasteiger partial charge in [0.15, 0.2) is 5.84 Å². The Hall–Kier alpha value is -2.02. The van der Waals surface area contributed by atoms with Crippen molar-refractivity contribution in [3.63, 3.8) is 0 Å². The van der Waals surface area contributed by atoms with Crippen LogP contribution in [0.15, 0.2) is 40.2 Å². The maximum Gasteiger partial charge on any atom is 0.172 e. The van der Waals surface area contributed by atoms with Crippen LogP contribution in [-0.2, 0) is 13.6 Å². The summed E-state index contributed by atoms with van der Waals surface area (Å²) in [6, 6.07) is 5.65. The summed E-state index contributed by atoms with van der Waals surface area (Å²) in [5.41, 5.74) is 7.27. The van der Waals surface area contributed by atoms with Gasteiger partial charge >= 0.3 is 0 Å². The van der Waals surface area contributed by atoms with Crippen molar-refractivity contribution in [2.75, 3.05) is 11.9 Å². The van der Waals surface area contributed by atoms with Crippen LogP contribution < -0.4 is 10.6 Å². The fourth-order valence-corrected chi connectivity index (χ4v) is 2.31. The summed E-state index contributed by atoms with van der Waals surface area (Å²) >= 11 is 3.39. The quantitative estimate of drug-likeness (QED) is 0.386. The summed E-state index contributed by atoms with van der Waals surface area (Å²) < 4.78 is 2.83. The number of hydrogen-bond acceptors (Lipinski definition) is 4. The maximum atomic E-state index is 8.90. The van der Waals surface area contributed by atoms with E-state index in [9.17, 15) is 0 Å².